The van der Waals surface area contributed by atoms with Crippen LogP contribution in [0.5, 0.6) is 0 Å². The molecule has 1 aliphatic rings. The van der Waals surface area contributed by atoms with Gasteiger partial charge in [0.15, 0.2) is 5.82 Å². The van der Waals surface area contributed by atoms with Gasteiger partial charge in [-0.05, 0) is 12.1 Å². The van der Waals surface area contributed by atoms with Crippen LogP contribution < -0.4 is 0 Å². The average Bonchev–Trinajstić information content (AvgIpc) is 3.24. The summed E-state index contributed by atoms with van der Waals surface area (Å²) in [6, 6.07) is 4.07. The monoisotopic (exact) mass is 311 g/mol. The molecule has 3 aromatic rings. The minimum Gasteiger partial charge on any atom is -0.347 e. The average molecular weight is 311 g/mol. The Morgan fingerprint density at radius 3 is 2.70 bits per heavy atom. The van der Waals surface area contributed by atoms with Gasteiger partial charge in [-0.2, -0.15) is 5.10 Å². The topological polar surface area (TPSA) is 56.7 Å². The fourth-order valence-electron chi connectivity index (χ4n) is 3.15. The summed E-state index contributed by atoms with van der Waals surface area (Å²) in [5.41, 5.74) is 1.26. The summed E-state index contributed by atoms with van der Waals surface area (Å²) in [4.78, 5) is 2.46. The van der Waals surface area contributed by atoms with E-state index in [1.54, 1.807) is 0 Å². The first-order valence-corrected chi connectivity index (χ1v) is 7.99. The van der Waals surface area contributed by atoms with E-state index >= 15 is 0 Å². The number of hydrogen-bond donors (Lipinski definition) is 0. The Hall–Kier alpha value is -2.41. The Kier molecular flexibility index (Phi) is 3.70. The lowest BCUT2D eigenvalue weighted by atomic mass is 10.3. The summed E-state index contributed by atoms with van der Waals surface area (Å²) in [5, 5.41) is 13.0. The van der Waals surface area contributed by atoms with Crippen molar-refractivity contribution in [2.24, 2.45) is 7.05 Å². The molecule has 1 aliphatic heterocycles. The van der Waals surface area contributed by atoms with Crippen LogP contribution in [0.15, 0.2) is 36.9 Å². The molecule has 0 aromatic carbocycles. The molecule has 120 valence electrons. The molecule has 23 heavy (non-hydrogen) atoms. The molecule has 0 atom stereocenters. The lowest BCUT2D eigenvalue weighted by Crippen LogP contribution is -2.26. The third kappa shape index (κ3) is 3.05. The van der Waals surface area contributed by atoms with Crippen LogP contribution in [0.1, 0.15) is 17.2 Å². The molecule has 0 fully saturated rings. The largest absolute Gasteiger partial charge is 0.347 e. The molecule has 7 nitrogen and oxygen atoms in total. The smallest absolute Gasteiger partial charge is 0.153 e. The van der Waals surface area contributed by atoms with Crippen LogP contribution in [0, 0.1) is 0 Å². The Bertz CT molecular complexity index is 768. The van der Waals surface area contributed by atoms with Gasteiger partial charge in [-0.15, -0.1) is 10.2 Å². The van der Waals surface area contributed by atoms with Crippen molar-refractivity contribution in [3.8, 4) is 0 Å². The number of aromatic nitrogens is 6. The molecule has 7 heteroatoms. The number of nitrogens with zero attached hydrogens (tertiary/aromatic N) is 7. The zero-order chi connectivity index (χ0) is 15.6. The Labute approximate surface area is 135 Å². The third-order valence-corrected chi connectivity index (χ3v) is 4.35. The zero-order valence-corrected chi connectivity index (χ0v) is 13.3. The van der Waals surface area contributed by atoms with Crippen molar-refractivity contribution in [2.75, 3.05) is 13.1 Å². The first-order valence-electron chi connectivity index (χ1n) is 7.99. The molecule has 0 N–H and O–H groups in total. The van der Waals surface area contributed by atoms with E-state index in [2.05, 4.69) is 47.9 Å². The van der Waals surface area contributed by atoms with Gasteiger partial charge in [0.1, 0.15) is 5.82 Å². The highest BCUT2D eigenvalue weighted by atomic mass is 15.3. The van der Waals surface area contributed by atoms with Crippen molar-refractivity contribution in [2.45, 2.75) is 26.1 Å². The number of fused-ring (bicyclic) bond motifs is 1. The second-order valence-electron chi connectivity index (χ2n) is 6.09. The van der Waals surface area contributed by atoms with Gasteiger partial charge >= 0.3 is 0 Å². The van der Waals surface area contributed by atoms with Gasteiger partial charge in [-0.1, -0.05) is 0 Å². The molecule has 0 unspecified atom stereocenters. The van der Waals surface area contributed by atoms with Gasteiger partial charge < -0.3 is 9.13 Å². The minimum absolute atomic E-state index is 0.780. The molecule has 0 saturated carbocycles. The molecule has 0 amide bonds. The molecule has 4 heterocycles. The van der Waals surface area contributed by atoms with Crippen LogP contribution in [0.2, 0.25) is 0 Å². The van der Waals surface area contributed by atoms with Crippen LogP contribution in [0.3, 0.4) is 0 Å². The van der Waals surface area contributed by atoms with Gasteiger partial charge in [0.2, 0.25) is 0 Å². The van der Waals surface area contributed by atoms with Gasteiger partial charge in [-0.25, -0.2) is 0 Å². The Morgan fingerprint density at radius 1 is 1.04 bits per heavy atom. The van der Waals surface area contributed by atoms with Crippen molar-refractivity contribution in [1.82, 2.24) is 34.0 Å². The van der Waals surface area contributed by atoms with E-state index in [9.17, 15) is 0 Å². The number of aryl methyl sites for hydroxylation is 1. The van der Waals surface area contributed by atoms with Crippen molar-refractivity contribution < 1.29 is 0 Å². The van der Waals surface area contributed by atoms with Gasteiger partial charge in [-0.3, -0.25) is 9.58 Å². The Balaban J connectivity index is 1.45. The lowest BCUT2D eigenvalue weighted by molar-refractivity contribution is 0.270. The van der Waals surface area contributed by atoms with Crippen LogP contribution in [-0.4, -0.2) is 47.1 Å². The summed E-state index contributed by atoms with van der Waals surface area (Å²) < 4.78 is 6.27. The first kappa shape index (κ1) is 14.2. The van der Waals surface area contributed by atoms with Crippen molar-refractivity contribution in [1.29, 1.82) is 0 Å². The minimum atomic E-state index is 0.780. The highest BCUT2D eigenvalue weighted by molar-refractivity contribution is 5.05. The maximum Gasteiger partial charge on any atom is 0.153 e. The van der Waals surface area contributed by atoms with Crippen LogP contribution in [0.25, 0.3) is 0 Å². The predicted molar refractivity (Wildman–Crippen MR) is 85.7 cm³/mol. The summed E-state index contributed by atoms with van der Waals surface area (Å²) in [7, 11) is 1.96. The third-order valence-electron chi connectivity index (χ3n) is 4.35. The molecule has 3 aromatic heterocycles. The molecule has 0 aliphatic carbocycles. The van der Waals surface area contributed by atoms with E-state index in [1.165, 1.54) is 5.56 Å². The second kappa shape index (κ2) is 6.00. The summed E-state index contributed by atoms with van der Waals surface area (Å²) in [6.07, 6.45) is 9.10. The van der Waals surface area contributed by atoms with E-state index in [0.29, 0.717) is 0 Å². The molecular formula is C16H21N7. The number of rotatable bonds is 4. The van der Waals surface area contributed by atoms with Crippen LogP contribution >= 0.6 is 0 Å². The normalized spacial score (nSPS) is 15.5. The molecule has 0 radical (unpaired) electrons. The van der Waals surface area contributed by atoms with Crippen LogP contribution in [-0.2, 0) is 33.1 Å². The SMILES string of the molecule is Cn1cc(CN2CCc3nnc(Cn4cccc4)n3CC2)cn1. The fourth-order valence-corrected chi connectivity index (χ4v) is 3.15. The van der Waals surface area contributed by atoms with E-state index in [0.717, 1.165) is 50.8 Å². The first-order chi connectivity index (χ1) is 11.3. The van der Waals surface area contributed by atoms with E-state index in [-0.39, 0.29) is 0 Å². The maximum absolute atomic E-state index is 4.40. The molecule has 0 saturated heterocycles. The standard InChI is InChI=1S/C16H21N7/c1-20-11-14(10-17-20)12-22-7-4-15-18-19-16(23(15)9-8-22)13-21-5-2-3-6-21/h2-3,5-6,10-11H,4,7-9,12-13H2,1H3. The molecule has 0 spiro atoms. The summed E-state index contributed by atoms with van der Waals surface area (Å²) >= 11 is 0. The second-order valence-corrected chi connectivity index (χ2v) is 6.09. The van der Waals surface area contributed by atoms with Crippen molar-refractivity contribution in [3.63, 3.8) is 0 Å². The van der Waals surface area contributed by atoms with Crippen LogP contribution in [0.4, 0.5) is 0 Å². The molecule has 0 bridgehead atoms. The highest BCUT2D eigenvalue weighted by Crippen LogP contribution is 2.13. The quantitative estimate of drug-likeness (QED) is 0.719. The van der Waals surface area contributed by atoms with Gasteiger partial charge in [0.05, 0.1) is 12.7 Å². The predicted octanol–water partition coefficient (Wildman–Crippen LogP) is 0.920. The van der Waals surface area contributed by atoms with Gasteiger partial charge in [0, 0.05) is 63.8 Å². The van der Waals surface area contributed by atoms with E-state index in [4.69, 9.17) is 0 Å². The highest BCUT2D eigenvalue weighted by Gasteiger charge is 2.19. The molecule has 4 rings (SSSR count). The summed E-state index contributed by atoms with van der Waals surface area (Å²) in [6.45, 7) is 4.69. The van der Waals surface area contributed by atoms with Crippen molar-refractivity contribution >= 4 is 0 Å². The van der Waals surface area contributed by atoms with Gasteiger partial charge in [0.25, 0.3) is 0 Å². The maximum atomic E-state index is 4.40. The lowest BCUT2D eigenvalue weighted by Gasteiger charge is -2.18. The molecular weight excluding hydrogens is 290 g/mol. The van der Waals surface area contributed by atoms with E-state index < -0.39 is 0 Å². The summed E-state index contributed by atoms with van der Waals surface area (Å²) in [5.74, 6) is 2.14. The van der Waals surface area contributed by atoms with E-state index in [1.807, 2.05) is 30.1 Å². The van der Waals surface area contributed by atoms with Crippen molar-refractivity contribution in [3.05, 3.63) is 54.1 Å². The number of hydrogen-bond acceptors (Lipinski definition) is 4. The Morgan fingerprint density at radius 2 is 1.91 bits per heavy atom. The fraction of sp³-hybridized carbons (Fsp3) is 0.438. The zero-order valence-electron chi connectivity index (χ0n) is 13.3.